The summed E-state index contributed by atoms with van der Waals surface area (Å²) >= 11 is 3.50. The Morgan fingerprint density at radius 1 is 1.41 bits per heavy atom. The molecule has 0 unspecified atom stereocenters. The lowest BCUT2D eigenvalue weighted by Gasteiger charge is -2.09. The van der Waals surface area contributed by atoms with Gasteiger partial charge < -0.3 is 0 Å². The molecule has 2 aromatic rings. The minimum Gasteiger partial charge on any atom is -0.299 e. The molecular formula is C13H13BrN2O. The molecule has 1 heterocycles. The first-order valence-corrected chi connectivity index (χ1v) is 6.54. The summed E-state index contributed by atoms with van der Waals surface area (Å²) in [5, 5.41) is 0.698. The number of nitrogens with zero attached hydrogens (tertiary/aromatic N) is 2. The molecule has 1 aromatic carbocycles. The zero-order chi connectivity index (χ0) is 12.2. The Morgan fingerprint density at radius 3 is 2.76 bits per heavy atom. The average molecular weight is 293 g/mol. The van der Waals surface area contributed by atoms with Gasteiger partial charge >= 0.3 is 0 Å². The lowest BCUT2D eigenvalue weighted by atomic mass is 10.1. The number of hydrogen-bond acceptors (Lipinski definition) is 2. The van der Waals surface area contributed by atoms with Gasteiger partial charge in [-0.05, 0) is 53.4 Å². The summed E-state index contributed by atoms with van der Waals surface area (Å²) in [5.41, 5.74) is 1.92. The maximum absolute atomic E-state index is 12.3. The van der Waals surface area contributed by atoms with Gasteiger partial charge in [-0.2, -0.15) is 0 Å². The van der Waals surface area contributed by atoms with Crippen molar-refractivity contribution in [2.75, 3.05) is 0 Å². The van der Waals surface area contributed by atoms with Crippen molar-refractivity contribution in [3.05, 3.63) is 38.3 Å². The number of halogens is 1. The highest BCUT2D eigenvalue weighted by Gasteiger charge is 2.28. The third-order valence-electron chi connectivity index (χ3n) is 3.26. The van der Waals surface area contributed by atoms with Crippen LogP contribution in [0.2, 0.25) is 0 Å². The molecule has 0 aliphatic heterocycles. The fraction of sp³-hybridized carbons (Fsp3) is 0.385. The van der Waals surface area contributed by atoms with E-state index in [2.05, 4.69) is 20.9 Å². The van der Waals surface area contributed by atoms with E-state index in [1.54, 1.807) is 4.57 Å². The number of benzene rings is 1. The second-order valence-electron chi connectivity index (χ2n) is 4.75. The molecule has 1 fully saturated rings. The van der Waals surface area contributed by atoms with Gasteiger partial charge in [-0.25, -0.2) is 4.98 Å². The first kappa shape index (κ1) is 11.0. The zero-order valence-electron chi connectivity index (χ0n) is 9.83. The van der Waals surface area contributed by atoms with Crippen molar-refractivity contribution in [1.82, 2.24) is 9.55 Å². The lowest BCUT2D eigenvalue weighted by molar-refractivity contribution is 0.745. The number of fused-ring (bicyclic) bond motifs is 1. The number of aromatic nitrogens is 2. The first-order valence-electron chi connectivity index (χ1n) is 5.74. The molecule has 0 atom stereocenters. The van der Waals surface area contributed by atoms with Crippen molar-refractivity contribution in [2.24, 2.45) is 7.05 Å². The molecule has 17 heavy (non-hydrogen) atoms. The molecule has 0 saturated heterocycles. The summed E-state index contributed by atoms with van der Waals surface area (Å²) in [7, 11) is 1.82. The Labute approximate surface area is 108 Å². The van der Waals surface area contributed by atoms with Crippen molar-refractivity contribution in [3.8, 4) is 0 Å². The highest BCUT2D eigenvalue weighted by atomic mass is 79.9. The molecule has 1 saturated carbocycles. The van der Waals surface area contributed by atoms with Gasteiger partial charge in [0.25, 0.3) is 5.56 Å². The predicted octanol–water partition coefficient (Wildman–Crippen LogP) is 2.88. The van der Waals surface area contributed by atoms with Gasteiger partial charge in [-0.1, -0.05) is 0 Å². The minimum absolute atomic E-state index is 0.0568. The van der Waals surface area contributed by atoms with Crippen LogP contribution in [-0.4, -0.2) is 9.55 Å². The molecule has 0 radical (unpaired) electrons. The van der Waals surface area contributed by atoms with E-state index in [0.717, 1.165) is 34.2 Å². The van der Waals surface area contributed by atoms with Gasteiger partial charge in [-0.15, -0.1) is 0 Å². The van der Waals surface area contributed by atoms with Gasteiger partial charge in [-0.3, -0.25) is 9.36 Å². The van der Waals surface area contributed by atoms with E-state index in [1.165, 1.54) is 0 Å². The maximum Gasteiger partial charge on any atom is 0.261 e. The van der Waals surface area contributed by atoms with Crippen LogP contribution in [0.1, 0.15) is 30.1 Å². The van der Waals surface area contributed by atoms with Crippen molar-refractivity contribution in [1.29, 1.82) is 0 Å². The van der Waals surface area contributed by atoms with Gasteiger partial charge in [0.1, 0.15) is 5.82 Å². The fourth-order valence-corrected chi connectivity index (χ4v) is 2.86. The third-order valence-corrected chi connectivity index (χ3v) is 3.86. The predicted molar refractivity (Wildman–Crippen MR) is 71.4 cm³/mol. The quantitative estimate of drug-likeness (QED) is 0.810. The molecule has 0 bridgehead atoms. The van der Waals surface area contributed by atoms with E-state index in [1.807, 2.05) is 26.1 Å². The van der Waals surface area contributed by atoms with Crippen LogP contribution in [-0.2, 0) is 7.05 Å². The maximum atomic E-state index is 12.3. The molecule has 0 amide bonds. The van der Waals surface area contributed by atoms with Crippen LogP contribution in [0.5, 0.6) is 0 Å². The lowest BCUT2D eigenvalue weighted by Crippen LogP contribution is -2.22. The Bertz CT molecular complexity index is 671. The van der Waals surface area contributed by atoms with Crippen LogP contribution in [0.4, 0.5) is 0 Å². The van der Waals surface area contributed by atoms with Gasteiger partial charge in [0.15, 0.2) is 0 Å². The fourth-order valence-electron chi connectivity index (χ4n) is 2.19. The van der Waals surface area contributed by atoms with Crippen molar-refractivity contribution in [2.45, 2.75) is 25.7 Å². The van der Waals surface area contributed by atoms with E-state index in [-0.39, 0.29) is 5.56 Å². The van der Waals surface area contributed by atoms with Crippen LogP contribution in [0.15, 0.2) is 21.4 Å². The second-order valence-corrected chi connectivity index (χ2v) is 5.61. The Kier molecular flexibility index (Phi) is 2.36. The minimum atomic E-state index is 0.0568. The molecule has 0 N–H and O–H groups in total. The zero-order valence-corrected chi connectivity index (χ0v) is 11.4. The Balaban J connectivity index is 2.43. The number of rotatable bonds is 1. The van der Waals surface area contributed by atoms with E-state index in [4.69, 9.17) is 0 Å². The molecule has 88 valence electrons. The van der Waals surface area contributed by atoms with Crippen molar-refractivity contribution < 1.29 is 0 Å². The molecule has 1 aliphatic rings. The van der Waals surface area contributed by atoms with E-state index < -0.39 is 0 Å². The highest BCUT2D eigenvalue weighted by molar-refractivity contribution is 9.10. The first-order chi connectivity index (χ1) is 8.08. The second kappa shape index (κ2) is 3.67. The molecule has 0 spiro atoms. The highest BCUT2D eigenvalue weighted by Crippen LogP contribution is 2.39. The van der Waals surface area contributed by atoms with Crippen LogP contribution in [0.3, 0.4) is 0 Å². The standard InChI is InChI=1S/C13H13BrN2O/c1-7-5-9-11(10(14)6-7)15-12(8-3-4-8)16(2)13(9)17/h5-6,8H,3-4H2,1-2H3. The van der Waals surface area contributed by atoms with E-state index in [9.17, 15) is 4.79 Å². The molecule has 1 aliphatic carbocycles. The van der Waals surface area contributed by atoms with Gasteiger partial charge in [0.05, 0.1) is 10.9 Å². The summed E-state index contributed by atoms with van der Waals surface area (Å²) < 4.78 is 2.61. The van der Waals surface area contributed by atoms with Crippen molar-refractivity contribution in [3.63, 3.8) is 0 Å². The summed E-state index contributed by atoms with van der Waals surface area (Å²) in [4.78, 5) is 16.9. The molecule has 3 rings (SSSR count). The summed E-state index contributed by atoms with van der Waals surface area (Å²) in [6.07, 6.45) is 2.30. The largest absolute Gasteiger partial charge is 0.299 e. The SMILES string of the molecule is Cc1cc(Br)c2nc(C3CC3)n(C)c(=O)c2c1. The molecule has 4 heteroatoms. The Morgan fingerprint density at radius 2 is 2.12 bits per heavy atom. The van der Waals surface area contributed by atoms with Crippen LogP contribution in [0, 0.1) is 6.92 Å². The average Bonchev–Trinajstić information content (AvgIpc) is 3.08. The van der Waals surface area contributed by atoms with Gasteiger partial charge in [0, 0.05) is 17.4 Å². The summed E-state index contributed by atoms with van der Waals surface area (Å²) in [5.74, 6) is 1.40. The molecule has 3 nitrogen and oxygen atoms in total. The number of aryl methyl sites for hydroxylation is 1. The monoisotopic (exact) mass is 292 g/mol. The van der Waals surface area contributed by atoms with Gasteiger partial charge in [0.2, 0.25) is 0 Å². The summed E-state index contributed by atoms with van der Waals surface area (Å²) in [6.45, 7) is 1.98. The van der Waals surface area contributed by atoms with Crippen LogP contribution < -0.4 is 5.56 Å². The molecule has 1 aromatic heterocycles. The molecular weight excluding hydrogens is 280 g/mol. The number of hydrogen-bond donors (Lipinski definition) is 0. The summed E-state index contributed by atoms with van der Waals surface area (Å²) in [6, 6.07) is 3.91. The smallest absolute Gasteiger partial charge is 0.261 e. The third kappa shape index (κ3) is 1.71. The van der Waals surface area contributed by atoms with E-state index in [0.29, 0.717) is 11.3 Å². The Hall–Kier alpha value is -1.16. The topological polar surface area (TPSA) is 34.9 Å². The van der Waals surface area contributed by atoms with E-state index >= 15 is 0 Å². The van der Waals surface area contributed by atoms with Crippen LogP contribution >= 0.6 is 15.9 Å². The normalized spacial score (nSPS) is 15.5. The van der Waals surface area contributed by atoms with Crippen LogP contribution in [0.25, 0.3) is 10.9 Å². The van der Waals surface area contributed by atoms with Crippen molar-refractivity contribution >= 4 is 26.8 Å².